The molecule has 1 saturated heterocycles. The summed E-state index contributed by atoms with van der Waals surface area (Å²) in [5.74, 6) is 0.532. The van der Waals surface area contributed by atoms with Gasteiger partial charge in [-0.3, -0.25) is 0 Å². The van der Waals surface area contributed by atoms with E-state index in [1.165, 1.54) is 10.9 Å². The van der Waals surface area contributed by atoms with Crippen LogP contribution >= 0.6 is 27.5 Å². The van der Waals surface area contributed by atoms with Crippen LogP contribution in [0, 0.1) is 5.92 Å². The molecule has 2 aromatic carbocycles. The van der Waals surface area contributed by atoms with Gasteiger partial charge in [-0.25, -0.2) is 0 Å². The average molecular weight is 354 g/mol. The van der Waals surface area contributed by atoms with Gasteiger partial charge in [0.1, 0.15) is 0 Å². The summed E-state index contributed by atoms with van der Waals surface area (Å²) in [7, 11) is 0. The monoisotopic (exact) mass is 352 g/mol. The third-order valence-corrected chi connectivity index (χ3v) is 5.74. The third-order valence-electron chi connectivity index (χ3n) is 4.24. The van der Waals surface area contributed by atoms with Crippen LogP contribution in [-0.4, -0.2) is 12.7 Å². The molecule has 3 heteroatoms. The van der Waals surface area contributed by atoms with Gasteiger partial charge in [-0.05, 0) is 29.9 Å². The van der Waals surface area contributed by atoms with Crippen molar-refractivity contribution >= 4 is 38.3 Å². The van der Waals surface area contributed by atoms with E-state index in [2.05, 4.69) is 47.1 Å². The average Bonchev–Trinajstić information content (AvgIpc) is 2.96. The summed E-state index contributed by atoms with van der Waals surface area (Å²) in [5, 5.41) is 3.19. The minimum absolute atomic E-state index is 0.317. The summed E-state index contributed by atoms with van der Waals surface area (Å²) in [4.78, 5) is 0.317. The molecule has 0 aliphatic carbocycles. The molecule has 0 aromatic heterocycles. The lowest BCUT2D eigenvalue weighted by Crippen LogP contribution is -2.19. The van der Waals surface area contributed by atoms with Crippen molar-refractivity contribution in [2.24, 2.45) is 5.92 Å². The SMILES string of the molecule is CCC1OCCC1C(Br)c1ccc(Cl)c2ccccc12. The van der Waals surface area contributed by atoms with Gasteiger partial charge in [-0.1, -0.05) is 64.8 Å². The maximum absolute atomic E-state index is 6.31. The van der Waals surface area contributed by atoms with Crippen molar-refractivity contribution in [2.75, 3.05) is 6.61 Å². The Labute approximate surface area is 133 Å². The smallest absolute Gasteiger partial charge is 0.0615 e. The van der Waals surface area contributed by atoms with Crippen molar-refractivity contribution in [2.45, 2.75) is 30.7 Å². The first kappa shape index (κ1) is 14.4. The van der Waals surface area contributed by atoms with E-state index in [1.54, 1.807) is 0 Å². The standard InChI is InChI=1S/C17H18BrClO/c1-2-16-14(9-10-20-16)17(18)13-7-8-15(19)12-6-4-3-5-11(12)13/h3-8,14,16-17H,2,9-10H2,1H3. The van der Waals surface area contributed by atoms with E-state index < -0.39 is 0 Å². The fourth-order valence-corrected chi connectivity index (χ4v) is 4.41. The minimum atomic E-state index is 0.317. The summed E-state index contributed by atoms with van der Waals surface area (Å²) in [6.07, 6.45) is 2.54. The first-order chi connectivity index (χ1) is 9.72. The van der Waals surface area contributed by atoms with Gasteiger partial charge in [-0.2, -0.15) is 0 Å². The van der Waals surface area contributed by atoms with E-state index in [9.17, 15) is 0 Å². The Hall–Kier alpha value is -0.570. The van der Waals surface area contributed by atoms with Gasteiger partial charge in [0, 0.05) is 27.8 Å². The number of hydrogen-bond donors (Lipinski definition) is 0. The molecule has 0 N–H and O–H groups in total. The van der Waals surface area contributed by atoms with Crippen molar-refractivity contribution in [3.63, 3.8) is 0 Å². The number of rotatable bonds is 3. The third kappa shape index (κ3) is 2.49. The number of ether oxygens (including phenoxy) is 1. The van der Waals surface area contributed by atoms with Crippen LogP contribution in [0.2, 0.25) is 5.02 Å². The zero-order valence-electron chi connectivity index (χ0n) is 11.5. The highest BCUT2D eigenvalue weighted by Crippen LogP contribution is 2.43. The predicted octanol–water partition coefficient (Wildman–Crippen LogP) is 5.74. The lowest BCUT2D eigenvalue weighted by atomic mass is 9.89. The quantitative estimate of drug-likeness (QED) is 0.639. The summed E-state index contributed by atoms with van der Waals surface area (Å²) >= 11 is 10.2. The van der Waals surface area contributed by atoms with Crippen molar-refractivity contribution < 1.29 is 4.74 Å². The molecule has 1 aliphatic heterocycles. The van der Waals surface area contributed by atoms with Gasteiger partial charge in [0.15, 0.2) is 0 Å². The molecular weight excluding hydrogens is 336 g/mol. The van der Waals surface area contributed by atoms with Crippen molar-refractivity contribution in [3.05, 3.63) is 47.0 Å². The highest BCUT2D eigenvalue weighted by molar-refractivity contribution is 9.09. The van der Waals surface area contributed by atoms with Gasteiger partial charge < -0.3 is 4.74 Å². The molecule has 3 rings (SSSR count). The Morgan fingerprint density at radius 3 is 2.75 bits per heavy atom. The Kier molecular flexibility index (Phi) is 4.34. The maximum Gasteiger partial charge on any atom is 0.0615 e. The Balaban J connectivity index is 2.04. The highest BCUT2D eigenvalue weighted by atomic mass is 79.9. The maximum atomic E-state index is 6.31. The lowest BCUT2D eigenvalue weighted by molar-refractivity contribution is 0.0873. The molecular formula is C17H18BrClO. The van der Waals surface area contributed by atoms with Crippen LogP contribution in [0.4, 0.5) is 0 Å². The van der Waals surface area contributed by atoms with E-state index in [4.69, 9.17) is 16.3 Å². The molecule has 0 bridgehead atoms. The van der Waals surface area contributed by atoms with Crippen LogP contribution in [0.5, 0.6) is 0 Å². The molecule has 0 saturated carbocycles. The number of benzene rings is 2. The minimum Gasteiger partial charge on any atom is -0.378 e. The predicted molar refractivity (Wildman–Crippen MR) is 88.8 cm³/mol. The number of alkyl halides is 1. The van der Waals surface area contributed by atoms with Crippen LogP contribution in [-0.2, 0) is 4.74 Å². The number of fused-ring (bicyclic) bond motifs is 1. The van der Waals surface area contributed by atoms with E-state index in [0.29, 0.717) is 16.8 Å². The topological polar surface area (TPSA) is 9.23 Å². The molecule has 1 fully saturated rings. The van der Waals surface area contributed by atoms with Gasteiger partial charge in [0.25, 0.3) is 0 Å². The first-order valence-electron chi connectivity index (χ1n) is 7.15. The summed E-state index contributed by atoms with van der Waals surface area (Å²) in [6, 6.07) is 12.5. The molecule has 2 aromatic rings. The Morgan fingerprint density at radius 1 is 1.25 bits per heavy atom. The fourth-order valence-electron chi connectivity index (χ4n) is 3.18. The van der Waals surface area contributed by atoms with Gasteiger partial charge in [0.2, 0.25) is 0 Å². The second-order valence-corrected chi connectivity index (χ2v) is 6.75. The molecule has 0 radical (unpaired) electrons. The van der Waals surface area contributed by atoms with E-state index in [-0.39, 0.29) is 0 Å². The molecule has 3 unspecified atom stereocenters. The van der Waals surface area contributed by atoms with E-state index in [1.807, 2.05) is 12.1 Å². The van der Waals surface area contributed by atoms with Crippen molar-refractivity contribution in [1.82, 2.24) is 0 Å². The first-order valence-corrected chi connectivity index (χ1v) is 8.44. The molecule has 0 spiro atoms. The molecule has 20 heavy (non-hydrogen) atoms. The summed E-state index contributed by atoms with van der Waals surface area (Å²) in [6.45, 7) is 3.07. The second-order valence-electron chi connectivity index (χ2n) is 5.35. The normalized spacial score (nSPS) is 24.1. The lowest BCUT2D eigenvalue weighted by Gasteiger charge is -2.24. The zero-order chi connectivity index (χ0) is 14.1. The van der Waals surface area contributed by atoms with Crippen LogP contribution in [0.15, 0.2) is 36.4 Å². The van der Waals surface area contributed by atoms with Crippen LogP contribution in [0.1, 0.15) is 30.2 Å². The highest BCUT2D eigenvalue weighted by Gasteiger charge is 2.33. The fraction of sp³-hybridized carbons (Fsp3) is 0.412. The Bertz CT molecular complexity index is 613. The molecule has 1 heterocycles. The molecule has 0 amide bonds. The zero-order valence-corrected chi connectivity index (χ0v) is 13.8. The van der Waals surface area contributed by atoms with E-state index in [0.717, 1.165) is 29.9 Å². The second kappa shape index (κ2) is 6.05. The molecule has 106 valence electrons. The van der Waals surface area contributed by atoms with Gasteiger partial charge in [-0.15, -0.1) is 0 Å². The van der Waals surface area contributed by atoms with Crippen LogP contribution in [0.25, 0.3) is 10.8 Å². The van der Waals surface area contributed by atoms with E-state index >= 15 is 0 Å². The molecule has 1 aliphatic rings. The largest absolute Gasteiger partial charge is 0.378 e. The number of hydrogen-bond acceptors (Lipinski definition) is 1. The summed E-state index contributed by atoms with van der Waals surface area (Å²) in [5.41, 5.74) is 1.32. The van der Waals surface area contributed by atoms with Crippen LogP contribution < -0.4 is 0 Å². The van der Waals surface area contributed by atoms with Gasteiger partial charge in [0.05, 0.1) is 6.10 Å². The Morgan fingerprint density at radius 2 is 2.00 bits per heavy atom. The molecule has 1 nitrogen and oxygen atoms in total. The van der Waals surface area contributed by atoms with Crippen LogP contribution in [0.3, 0.4) is 0 Å². The molecule has 3 atom stereocenters. The van der Waals surface area contributed by atoms with Crippen molar-refractivity contribution in [3.8, 4) is 0 Å². The number of halogens is 2. The van der Waals surface area contributed by atoms with Crippen molar-refractivity contribution in [1.29, 1.82) is 0 Å². The summed E-state index contributed by atoms with van der Waals surface area (Å²) < 4.78 is 5.84. The van der Waals surface area contributed by atoms with Gasteiger partial charge >= 0.3 is 0 Å².